The van der Waals surface area contributed by atoms with Crippen LogP contribution in [0.3, 0.4) is 0 Å². The van der Waals surface area contributed by atoms with Gasteiger partial charge in [-0.25, -0.2) is 4.79 Å². The Morgan fingerprint density at radius 1 is 1.24 bits per heavy atom. The molecule has 134 valence electrons. The van der Waals surface area contributed by atoms with Gasteiger partial charge in [0.05, 0.1) is 0 Å². The van der Waals surface area contributed by atoms with Gasteiger partial charge in [0.15, 0.2) is 6.61 Å². The molecule has 1 aliphatic carbocycles. The standard InChI is InChI=1S/C19H22BrNO4/c1-12-15-10-13(20)8-9-16(15)25-18(12)19(23)24-11-17(22)21-14-6-4-2-3-5-7-14/h8-10,14H,2-7,11H2,1H3,(H,21,22). The van der Waals surface area contributed by atoms with Crippen molar-refractivity contribution in [3.05, 3.63) is 34.0 Å². The van der Waals surface area contributed by atoms with Crippen molar-refractivity contribution in [1.82, 2.24) is 5.32 Å². The molecule has 0 bridgehead atoms. The minimum atomic E-state index is -0.610. The van der Waals surface area contributed by atoms with Crippen LogP contribution in [0.15, 0.2) is 27.1 Å². The highest BCUT2D eigenvalue weighted by atomic mass is 79.9. The van der Waals surface area contributed by atoms with Crippen molar-refractivity contribution < 1.29 is 18.7 Å². The lowest BCUT2D eigenvalue weighted by Gasteiger charge is -2.15. The third-order valence-electron chi connectivity index (χ3n) is 4.64. The van der Waals surface area contributed by atoms with Crippen LogP contribution >= 0.6 is 15.9 Å². The predicted octanol–water partition coefficient (Wildman–Crippen LogP) is 4.50. The Hall–Kier alpha value is -1.82. The number of ether oxygens (including phenoxy) is 1. The summed E-state index contributed by atoms with van der Waals surface area (Å²) in [6, 6.07) is 5.73. The number of hydrogen-bond donors (Lipinski definition) is 1. The van der Waals surface area contributed by atoms with Gasteiger partial charge in [-0.1, -0.05) is 41.6 Å². The number of amides is 1. The second-order valence-electron chi connectivity index (χ2n) is 6.53. The van der Waals surface area contributed by atoms with E-state index in [9.17, 15) is 9.59 Å². The predicted molar refractivity (Wildman–Crippen MR) is 98.6 cm³/mol. The molecule has 1 N–H and O–H groups in total. The van der Waals surface area contributed by atoms with E-state index in [0.29, 0.717) is 11.1 Å². The first-order valence-electron chi connectivity index (χ1n) is 8.70. The fourth-order valence-corrected chi connectivity index (χ4v) is 3.64. The molecule has 0 radical (unpaired) electrons. The molecule has 0 aliphatic heterocycles. The third kappa shape index (κ3) is 4.42. The van der Waals surface area contributed by atoms with E-state index in [1.165, 1.54) is 12.8 Å². The van der Waals surface area contributed by atoms with E-state index in [1.807, 2.05) is 12.1 Å². The minimum absolute atomic E-state index is 0.148. The molecule has 1 saturated carbocycles. The van der Waals surface area contributed by atoms with E-state index < -0.39 is 5.97 Å². The van der Waals surface area contributed by atoms with Crippen molar-refractivity contribution in [2.75, 3.05) is 6.61 Å². The average Bonchev–Trinajstić information content (AvgIpc) is 2.76. The lowest BCUT2D eigenvalue weighted by molar-refractivity contribution is -0.125. The highest BCUT2D eigenvalue weighted by Crippen LogP contribution is 2.28. The van der Waals surface area contributed by atoms with Crippen LogP contribution in [0.25, 0.3) is 11.0 Å². The number of benzene rings is 1. The first-order chi connectivity index (χ1) is 12.0. The molecule has 0 saturated heterocycles. The molecule has 5 nitrogen and oxygen atoms in total. The molecule has 25 heavy (non-hydrogen) atoms. The van der Waals surface area contributed by atoms with E-state index in [4.69, 9.17) is 9.15 Å². The summed E-state index contributed by atoms with van der Waals surface area (Å²) in [5, 5.41) is 3.81. The molecule has 1 aromatic heterocycles. The van der Waals surface area contributed by atoms with Gasteiger partial charge in [0.25, 0.3) is 5.91 Å². The number of hydrogen-bond acceptors (Lipinski definition) is 4. The highest BCUT2D eigenvalue weighted by molar-refractivity contribution is 9.10. The van der Waals surface area contributed by atoms with Crippen LogP contribution in [0.2, 0.25) is 0 Å². The second-order valence-corrected chi connectivity index (χ2v) is 7.44. The normalized spacial score (nSPS) is 15.8. The first kappa shape index (κ1) is 18.0. The van der Waals surface area contributed by atoms with Crippen molar-refractivity contribution in [3.8, 4) is 0 Å². The molecule has 1 fully saturated rings. The van der Waals surface area contributed by atoms with Crippen molar-refractivity contribution in [2.24, 2.45) is 0 Å². The van der Waals surface area contributed by atoms with Gasteiger partial charge in [-0.2, -0.15) is 0 Å². The fourth-order valence-electron chi connectivity index (χ4n) is 3.28. The Balaban J connectivity index is 1.58. The molecule has 0 unspecified atom stereocenters. The molecule has 2 aromatic rings. The van der Waals surface area contributed by atoms with Gasteiger partial charge in [-0.15, -0.1) is 0 Å². The highest BCUT2D eigenvalue weighted by Gasteiger charge is 2.21. The lowest BCUT2D eigenvalue weighted by atomic mass is 10.1. The summed E-state index contributed by atoms with van der Waals surface area (Å²) in [7, 11) is 0. The zero-order valence-electron chi connectivity index (χ0n) is 14.3. The number of carbonyl (C=O) groups excluding carboxylic acids is 2. The summed E-state index contributed by atoms with van der Waals surface area (Å²) in [5.74, 6) is -0.715. The Morgan fingerprint density at radius 3 is 2.68 bits per heavy atom. The van der Waals surface area contributed by atoms with Gasteiger partial charge in [0.1, 0.15) is 5.58 Å². The molecule has 0 atom stereocenters. The summed E-state index contributed by atoms with van der Waals surface area (Å²) >= 11 is 3.40. The number of nitrogens with one attached hydrogen (secondary N) is 1. The van der Waals surface area contributed by atoms with E-state index in [0.717, 1.165) is 35.5 Å². The summed E-state index contributed by atoms with van der Waals surface area (Å²) in [5.41, 5.74) is 1.33. The Morgan fingerprint density at radius 2 is 1.96 bits per heavy atom. The molecule has 1 aromatic carbocycles. The number of rotatable bonds is 4. The third-order valence-corrected chi connectivity index (χ3v) is 5.13. The number of furan rings is 1. The maximum absolute atomic E-state index is 12.3. The van der Waals surface area contributed by atoms with Gasteiger partial charge in [0, 0.05) is 21.5 Å². The van der Waals surface area contributed by atoms with Gasteiger partial charge in [0.2, 0.25) is 5.76 Å². The molecule has 0 spiro atoms. The molecule has 1 amide bonds. The Bertz CT molecular complexity index is 775. The van der Waals surface area contributed by atoms with E-state index in [1.54, 1.807) is 13.0 Å². The van der Waals surface area contributed by atoms with Crippen LogP contribution in [0.1, 0.15) is 54.6 Å². The first-order valence-corrected chi connectivity index (χ1v) is 9.49. The number of esters is 1. The van der Waals surface area contributed by atoms with Crippen LogP contribution in [-0.2, 0) is 9.53 Å². The summed E-state index contributed by atoms with van der Waals surface area (Å²) in [6.45, 7) is 1.52. The summed E-state index contributed by atoms with van der Waals surface area (Å²) < 4.78 is 11.6. The molecule has 1 heterocycles. The number of carbonyl (C=O) groups is 2. The van der Waals surface area contributed by atoms with Gasteiger partial charge >= 0.3 is 5.97 Å². The van der Waals surface area contributed by atoms with Crippen molar-refractivity contribution in [3.63, 3.8) is 0 Å². The smallest absolute Gasteiger partial charge is 0.375 e. The quantitative estimate of drug-likeness (QED) is 0.598. The average molecular weight is 408 g/mol. The maximum atomic E-state index is 12.3. The Kier molecular flexibility index (Phi) is 5.78. The van der Waals surface area contributed by atoms with Gasteiger partial charge < -0.3 is 14.5 Å². The molecule has 1 aliphatic rings. The van der Waals surface area contributed by atoms with E-state index in [-0.39, 0.29) is 24.3 Å². The number of fused-ring (bicyclic) bond motifs is 1. The molecular weight excluding hydrogens is 386 g/mol. The fraction of sp³-hybridized carbons (Fsp3) is 0.474. The molecular formula is C19H22BrNO4. The molecule has 6 heteroatoms. The topological polar surface area (TPSA) is 68.5 Å². The largest absolute Gasteiger partial charge is 0.450 e. The van der Waals surface area contributed by atoms with Crippen LogP contribution < -0.4 is 5.32 Å². The summed E-state index contributed by atoms with van der Waals surface area (Å²) in [4.78, 5) is 24.3. The van der Waals surface area contributed by atoms with Crippen LogP contribution in [0.5, 0.6) is 0 Å². The zero-order chi connectivity index (χ0) is 17.8. The summed E-state index contributed by atoms with van der Waals surface area (Å²) in [6.07, 6.45) is 6.72. The van der Waals surface area contributed by atoms with Crippen molar-refractivity contribution >= 4 is 38.8 Å². The van der Waals surface area contributed by atoms with Crippen LogP contribution in [0, 0.1) is 6.92 Å². The van der Waals surface area contributed by atoms with E-state index >= 15 is 0 Å². The lowest BCUT2D eigenvalue weighted by Crippen LogP contribution is -2.37. The molecule has 3 rings (SSSR count). The van der Waals surface area contributed by atoms with Crippen molar-refractivity contribution in [1.29, 1.82) is 0 Å². The van der Waals surface area contributed by atoms with E-state index in [2.05, 4.69) is 21.2 Å². The Labute approximate surface area is 155 Å². The monoisotopic (exact) mass is 407 g/mol. The van der Waals surface area contributed by atoms with Gasteiger partial charge in [-0.3, -0.25) is 4.79 Å². The van der Waals surface area contributed by atoms with Crippen molar-refractivity contribution in [2.45, 2.75) is 51.5 Å². The minimum Gasteiger partial charge on any atom is -0.450 e. The second kappa shape index (κ2) is 8.04. The van der Waals surface area contributed by atoms with Crippen LogP contribution in [0.4, 0.5) is 0 Å². The SMILES string of the molecule is Cc1c(C(=O)OCC(=O)NC2CCCCCC2)oc2ccc(Br)cc12. The number of aryl methyl sites for hydroxylation is 1. The number of halogens is 1. The maximum Gasteiger partial charge on any atom is 0.375 e. The zero-order valence-corrected chi connectivity index (χ0v) is 15.9. The van der Waals surface area contributed by atoms with Gasteiger partial charge in [-0.05, 0) is 38.0 Å². The van der Waals surface area contributed by atoms with Crippen LogP contribution in [-0.4, -0.2) is 24.5 Å².